The zero-order valence-corrected chi connectivity index (χ0v) is 37.1. The molecule has 2 aliphatic rings. The summed E-state index contributed by atoms with van der Waals surface area (Å²) < 4.78 is 76.6. The fourth-order valence-electron chi connectivity index (χ4n) is 5.64. The van der Waals surface area contributed by atoms with Crippen LogP contribution in [0, 0.1) is 11.8 Å². The van der Waals surface area contributed by atoms with E-state index >= 15 is 0 Å². The predicted molar refractivity (Wildman–Crippen MR) is 222 cm³/mol. The second kappa shape index (κ2) is 25.7. The minimum absolute atomic E-state index is 0.0904. The Morgan fingerprint density at radius 2 is 1.86 bits per heavy atom. The van der Waals surface area contributed by atoms with Gasteiger partial charge in [0.2, 0.25) is 5.91 Å². The van der Waals surface area contributed by atoms with Gasteiger partial charge in [0.1, 0.15) is 43.6 Å². The Balaban J connectivity index is 1.21. The number of nitrogens with one attached hydrogen (secondary N) is 4. The third-order valence-corrected chi connectivity index (χ3v) is 12.9. The van der Waals surface area contributed by atoms with E-state index in [9.17, 15) is 42.7 Å². The second-order valence-electron chi connectivity index (χ2n) is 13.7. The molecule has 5 unspecified atom stereocenters. The molecule has 32 heteroatoms. The van der Waals surface area contributed by atoms with Crippen LogP contribution in [0.25, 0.3) is 20.9 Å². The topological polar surface area (TPSA) is 408 Å². The standard InChI is InChI=1S/C33H46N11O18P3/c1-63(49,50)61-65(53,54)62-64(51,52)59-18-27-26(58-21-39-42-34)16-30(60-27)44-17-23(32(47)40-33(44)48)6-4-10-37-28(45)19-55-13-14-56-29(41-43-35)20-57-25-9-2-5-22(15-25)31(46)38-12-11-36-24-7-3-8-24/h2,5,9,15,17,24,26-27,29-30,36H,3,7-8,10-14,16,18-21H2,1H3,(H,37,45)(H,38,46)(H,49,50)(H,51,52)(H,53,54)(H,40,47,48)/t26?,27-,29?,30-/m1/s1. The van der Waals surface area contributed by atoms with Crippen molar-refractivity contribution < 1.29 is 74.8 Å². The highest BCUT2D eigenvalue weighted by Gasteiger charge is 2.43. The Kier molecular flexibility index (Phi) is 20.8. The minimum Gasteiger partial charge on any atom is -0.491 e. The molecule has 1 aromatic heterocycles. The first-order valence-corrected chi connectivity index (χ1v) is 24.3. The lowest BCUT2D eigenvalue weighted by Crippen LogP contribution is -2.40. The summed E-state index contributed by atoms with van der Waals surface area (Å²) in [5, 5.41) is 15.4. The number of carbonyl (C=O) groups excluding carboxylic acids is 2. The molecule has 1 aromatic carbocycles. The SMILES string of the molecule is CP(=O)(O)OP(=O)(O)OP(=O)(O)OC[C@H]1O[C@@H](n2cc(C#CCNC(=O)COCCOC(COc3cccc(C(=O)NCCNC4CCC4)c3)N=[N+]=[N-])c(=O)[nH]c2=O)CC1OCN=[N+]=[N-]. The van der Waals surface area contributed by atoms with Crippen LogP contribution in [0.4, 0.5) is 0 Å². The van der Waals surface area contributed by atoms with Crippen molar-refractivity contribution in [2.24, 2.45) is 10.2 Å². The van der Waals surface area contributed by atoms with Crippen molar-refractivity contribution in [1.82, 2.24) is 25.5 Å². The van der Waals surface area contributed by atoms with E-state index in [2.05, 4.69) is 56.5 Å². The lowest BCUT2D eigenvalue weighted by Gasteiger charge is -2.26. The van der Waals surface area contributed by atoms with Gasteiger partial charge < -0.3 is 54.3 Å². The van der Waals surface area contributed by atoms with Gasteiger partial charge in [-0.15, -0.1) is 0 Å². The van der Waals surface area contributed by atoms with E-state index in [-0.39, 0.29) is 44.3 Å². The van der Waals surface area contributed by atoms with Crippen LogP contribution in [0.3, 0.4) is 0 Å². The van der Waals surface area contributed by atoms with Crippen LogP contribution in [-0.4, -0.2) is 127 Å². The number of hydrogen-bond donors (Lipinski definition) is 7. The zero-order valence-electron chi connectivity index (χ0n) is 34.4. The highest BCUT2D eigenvalue weighted by Crippen LogP contribution is 2.66. The van der Waals surface area contributed by atoms with Crippen molar-refractivity contribution in [3.05, 3.63) is 83.3 Å². The van der Waals surface area contributed by atoms with Gasteiger partial charge >= 0.3 is 28.9 Å². The molecule has 4 rings (SSSR count). The molecule has 7 atom stereocenters. The van der Waals surface area contributed by atoms with Crippen LogP contribution in [0.15, 0.2) is 50.3 Å². The van der Waals surface area contributed by atoms with Crippen LogP contribution in [0.5, 0.6) is 5.75 Å². The molecule has 65 heavy (non-hydrogen) atoms. The number of aromatic nitrogens is 2. The summed E-state index contributed by atoms with van der Waals surface area (Å²) in [6.07, 6.45) is -0.500. The molecule has 0 spiro atoms. The molecule has 1 saturated heterocycles. The number of phosphoric acid groups is 2. The number of rotatable bonds is 27. The summed E-state index contributed by atoms with van der Waals surface area (Å²) in [7, 11) is -15.7. The lowest BCUT2D eigenvalue weighted by molar-refractivity contribution is -0.126. The Hall–Kier alpha value is -4.93. The van der Waals surface area contributed by atoms with Crippen LogP contribution in [0.1, 0.15) is 47.8 Å². The van der Waals surface area contributed by atoms with E-state index in [1.54, 1.807) is 24.3 Å². The van der Waals surface area contributed by atoms with Crippen LogP contribution >= 0.6 is 23.2 Å². The number of H-pyrrole nitrogens is 1. The van der Waals surface area contributed by atoms with Crippen molar-refractivity contribution in [3.8, 4) is 17.6 Å². The minimum atomic E-state index is -5.59. The van der Waals surface area contributed by atoms with Crippen LogP contribution in [-0.2, 0) is 50.6 Å². The Labute approximate surface area is 368 Å². The van der Waals surface area contributed by atoms with Gasteiger partial charge in [-0.2, -0.15) is 4.31 Å². The lowest BCUT2D eigenvalue weighted by atomic mass is 9.93. The average Bonchev–Trinajstić information content (AvgIpc) is 3.61. The van der Waals surface area contributed by atoms with E-state index in [0.717, 1.165) is 23.6 Å². The fraction of sp³-hybridized carbons (Fsp3) is 0.576. The number of hydrogen-bond acceptors (Lipinski definition) is 18. The van der Waals surface area contributed by atoms with Gasteiger partial charge in [0, 0.05) is 53.8 Å². The second-order valence-corrected chi connectivity index (χ2v) is 18.7. The number of phosphoric ester groups is 1. The van der Waals surface area contributed by atoms with E-state index in [1.807, 2.05) is 4.98 Å². The molecule has 1 saturated carbocycles. The maximum absolute atomic E-state index is 12.8. The smallest absolute Gasteiger partial charge is 0.488 e. The van der Waals surface area contributed by atoms with E-state index in [0.29, 0.717) is 37.1 Å². The molecule has 356 valence electrons. The fourth-order valence-corrected chi connectivity index (χ4v) is 9.13. The molecule has 29 nitrogen and oxygen atoms in total. The summed E-state index contributed by atoms with van der Waals surface area (Å²) in [5.74, 6) is 4.52. The van der Waals surface area contributed by atoms with Gasteiger partial charge in [-0.1, -0.05) is 34.6 Å². The van der Waals surface area contributed by atoms with Gasteiger partial charge in [0.05, 0.1) is 32.5 Å². The number of benzene rings is 1. The Morgan fingerprint density at radius 3 is 2.57 bits per heavy atom. The maximum Gasteiger partial charge on any atom is 0.488 e. The monoisotopic (exact) mass is 977 g/mol. The van der Waals surface area contributed by atoms with Gasteiger partial charge in [-0.05, 0) is 42.1 Å². The molecule has 2 fully saturated rings. The van der Waals surface area contributed by atoms with Crippen molar-refractivity contribution in [2.45, 2.75) is 56.4 Å². The number of aromatic amines is 1. The molecule has 0 bridgehead atoms. The molecule has 7 N–H and O–H groups in total. The molecule has 1 aliphatic carbocycles. The quantitative estimate of drug-likeness (QED) is 0.0167. The number of amides is 2. The Bertz CT molecular complexity index is 2390. The summed E-state index contributed by atoms with van der Waals surface area (Å²) in [5.41, 5.74) is 15.8. The molecule has 2 heterocycles. The normalized spacial score (nSPS) is 20.2. The molecular formula is C33H46N11O18P3. The van der Waals surface area contributed by atoms with Crippen LogP contribution in [0.2, 0.25) is 0 Å². The van der Waals surface area contributed by atoms with Gasteiger partial charge in [-0.25, -0.2) is 18.2 Å². The number of nitrogens with zero attached hydrogens (tertiary/aromatic N) is 7. The molecule has 0 radical (unpaired) electrons. The van der Waals surface area contributed by atoms with E-state index in [1.165, 1.54) is 6.42 Å². The third kappa shape index (κ3) is 19.2. The van der Waals surface area contributed by atoms with E-state index < -0.39 is 85.0 Å². The highest BCUT2D eigenvalue weighted by molar-refractivity contribution is 7.68. The first kappa shape index (κ1) is 52.7. The third-order valence-electron chi connectivity index (χ3n) is 8.72. The average molecular weight is 978 g/mol. The van der Waals surface area contributed by atoms with Gasteiger partial charge in [0.15, 0.2) is 6.23 Å². The van der Waals surface area contributed by atoms with Crippen molar-refractivity contribution in [3.63, 3.8) is 0 Å². The molecular weight excluding hydrogens is 931 g/mol. The van der Waals surface area contributed by atoms with Crippen molar-refractivity contribution in [2.75, 3.05) is 66.1 Å². The van der Waals surface area contributed by atoms with Crippen LogP contribution < -0.4 is 31.9 Å². The summed E-state index contributed by atoms with van der Waals surface area (Å²) in [6, 6.07) is 6.97. The molecule has 2 amide bonds. The first-order chi connectivity index (χ1) is 30.9. The van der Waals surface area contributed by atoms with Gasteiger partial charge in [0.25, 0.3) is 11.5 Å². The maximum atomic E-state index is 12.8. The zero-order chi connectivity index (χ0) is 47.5. The van der Waals surface area contributed by atoms with Crippen molar-refractivity contribution >= 4 is 35.1 Å². The first-order valence-electron chi connectivity index (χ1n) is 19.3. The van der Waals surface area contributed by atoms with Crippen molar-refractivity contribution in [1.29, 1.82) is 0 Å². The number of ether oxygens (including phenoxy) is 5. The summed E-state index contributed by atoms with van der Waals surface area (Å²) in [4.78, 5) is 86.1. The van der Waals surface area contributed by atoms with E-state index in [4.69, 9.17) is 44.2 Å². The molecule has 1 aliphatic heterocycles. The number of azide groups is 2. The Morgan fingerprint density at radius 1 is 1.08 bits per heavy atom. The molecule has 2 aromatic rings. The summed E-state index contributed by atoms with van der Waals surface area (Å²) in [6.45, 7) is -0.909. The predicted octanol–water partition coefficient (Wildman–Crippen LogP) is 1.63. The highest BCUT2D eigenvalue weighted by atomic mass is 31.3. The largest absolute Gasteiger partial charge is 0.491 e. The van der Waals surface area contributed by atoms with Gasteiger partial charge in [-0.3, -0.25) is 33.0 Å². The summed E-state index contributed by atoms with van der Waals surface area (Å²) >= 11 is 0. The number of carbonyl (C=O) groups is 2.